The molecule has 11 heteroatoms. The van der Waals surface area contributed by atoms with Crippen molar-refractivity contribution in [2.75, 3.05) is 31.2 Å². The van der Waals surface area contributed by atoms with Crippen LogP contribution in [0.3, 0.4) is 0 Å². The Morgan fingerprint density at radius 3 is 2.44 bits per heavy atom. The minimum absolute atomic E-state index is 0.0368. The van der Waals surface area contributed by atoms with E-state index < -0.39 is 50.4 Å². The van der Waals surface area contributed by atoms with Crippen LogP contribution < -0.4 is 0 Å². The van der Waals surface area contributed by atoms with E-state index in [2.05, 4.69) is 0 Å². The molecule has 2 fully saturated rings. The quantitative estimate of drug-likeness (QED) is 0.530. The maximum Gasteiger partial charge on any atom is 0.324 e. The number of hydrogen-bond acceptors (Lipinski definition) is 7. The van der Waals surface area contributed by atoms with Crippen molar-refractivity contribution >= 4 is 31.7 Å². The molecule has 0 spiro atoms. The van der Waals surface area contributed by atoms with Gasteiger partial charge in [-0.2, -0.15) is 4.31 Å². The van der Waals surface area contributed by atoms with Crippen LogP contribution in [0.1, 0.15) is 38.2 Å². The van der Waals surface area contributed by atoms with Gasteiger partial charge in [0.05, 0.1) is 16.4 Å². The summed E-state index contributed by atoms with van der Waals surface area (Å²) in [7, 11) is -7.05. The van der Waals surface area contributed by atoms with Gasteiger partial charge in [-0.05, 0) is 51.7 Å². The molecule has 178 valence electrons. The van der Waals surface area contributed by atoms with Crippen molar-refractivity contribution in [1.29, 1.82) is 0 Å². The fourth-order valence-electron chi connectivity index (χ4n) is 4.25. The normalized spacial score (nSPS) is 23.6. The largest absolute Gasteiger partial charge is 0.454 e. The number of sulfone groups is 1. The highest BCUT2D eigenvalue weighted by Gasteiger charge is 2.39. The highest BCUT2D eigenvalue weighted by atomic mass is 32.2. The van der Waals surface area contributed by atoms with Crippen molar-refractivity contribution < 1.29 is 31.2 Å². The van der Waals surface area contributed by atoms with Crippen LogP contribution in [0.25, 0.3) is 0 Å². The fourth-order valence-corrected chi connectivity index (χ4v) is 7.62. The molecule has 0 aliphatic carbocycles. The molecular formula is C21H30N2O7S2. The van der Waals surface area contributed by atoms with Gasteiger partial charge in [0.2, 0.25) is 10.0 Å². The number of hydrogen-bond donors (Lipinski definition) is 0. The Balaban J connectivity index is 1.67. The van der Waals surface area contributed by atoms with Gasteiger partial charge in [0.25, 0.3) is 5.91 Å². The Hall–Kier alpha value is -1.98. The first-order valence-electron chi connectivity index (χ1n) is 10.8. The lowest BCUT2D eigenvalue weighted by Gasteiger charge is -2.33. The van der Waals surface area contributed by atoms with Crippen molar-refractivity contribution in [2.45, 2.75) is 56.5 Å². The Labute approximate surface area is 189 Å². The predicted molar refractivity (Wildman–Crippen MR) is 118 cm³/mol. The topological polar surface area (TPSA) is 118 Å². The van der Waals surface area contributed by atoms with Crippen molar-refractivity contribution in [3.63, 3.8) is 0 Å². The Kier molecular flexibility index (Phi) is 7.61. The molecule has 2 unspecified atom stereocenters. The van der Waals surface area contributed by atoms with Crippen LogP contribution in [0, 0.1) is 6.92 Å². The third kappa shape index (κ3) is 5.49. The molecule has 2 saturated heterocycles. The van der Waals surface area contributed by atoms with Crippen molar-refractivity contribution in [2.24, 2.45) is 0 Å². The van der Waals surface area contributed by atoms with E-state index in [0.717, 1.165) is 9.87 Å². The first-order valence-corrected chi connectivity index (χ1v) is 14.1. The lowest BCUT2D eigenvalue weighted by atomic mass is 10.1. The van der Waals surface area contributed by atoms with Crippen LogP contribution >= 0.6 is 0 Å². The van der Waals surface area contributed by atoms with E-state index in [-0.39, 0.29) is 22.9 Å². The van der Waals surface area contributed by atoms with Crippen LogP contribution in [0.2, 0.25) is 0 Å². The molecule has 1 aromatic carbocycles. The lowest BCUT2D eigenvalue weighted by Crippen LogP contribution is -2.49. The zero-order valence-electron chi connectivity index (χ0n) is 18.4. The molecule has 1 amide bonds. The fraction of sp³-hybridized carbons (Fsp3) is 0.619. The van der Waals surface area contributed by atoms with Crippen molar-refractivity contribution in [1.82, 2.24) is 9.21 Å². The van der Waals surface area contributed by atoms with Crippen LogP contribution in [0.4, 0.5) is 0 Å². The number of carbonyl (C=O) groups excluding carboxylic acids is 2. The summed E-state index contributed by atoms with van der Waals surface area (Å²) >= 11 is 0. The van der Waals surface area contributed by atoms with Gasteiger partial charge in [-0.15, -0.1) is 0 Å². The van der Waals surface area contributed by atoms with E-state index in [1.165, 1.54) is 17.0 Å². The van der Waals surface area contributed by atoms with Crippen molar-refractivity contribution in [3.8, 4) is 0 Å². The summed E-state index contributed by atoms with van der Waals surface area (Å²) in [6.45, 7) is 3.55. The lowest BCUT2D eigenvalue weighted by molar-refractivity contribution is -0.156. The third-order valence-electron chi connectivity index (χ3n) is 6.00. The second-order valence-corrected chi connectivity index (χ2v) is 12.4. The number of ether oxygens (including phenoxy) is 1. The molecule has 0 saturated carbocycles. The summed E-state index contributed by atoms with van der Waals surface area (Å²) < 4.78 is 56.1. The summed E-state index contributed by atoms with van der Waals surface area (Å²) in [4.78, 5) is 26.9. The molecule has 2 atom stereocenters. The first kappa shape index (κ1) is 24.7. The number of amides is 1. The van der Waals surface area contributed by atoms with Gasteiger partial charge in [0.15, 0.2) is 16.4 Å². The smallest absolute Gasteiger partial charge is 0.324 e. The van der Waals surface area contributed by atoms with Crippen LogP contribution in [-0.2, 0) is 34.2 Å². The zero-order chi connectivity index (χ0) is 23.5. The van der Waals surface area contributed by atoms with E-state index in [1.54, 1.807) is 19.1 Å². The SMILES string of the molecule is CCN(C(=O)COC(=O)C1CCCCN1S(=O)(=O)c1ccc(C)cc1)C1CCS(=O)(=O)C1. The molecule has 2 heterocycles. The number of aryl methyl sites for hydroxylation is 1. The molecule has 1 aromatic rings. The van der Waals surface area contributed by atoms with Gasteiger partial charge in [0.1, 0.15) is 6.04 Å². The standard InChI is InChI=1S/C21H30N2O7S2/c1-3-22(17-11-13-31(26,27)15-17)20(24)14-30-21(25)19-6-4-5-12-23(19)32(28,29)18-9-7-16(2)8-10-18/h7-10,17,19H,3-6,11-15H2,1-2H3. The molecule has 2 aliphatic heterocycles. The number of nitrogens with zero attached hydrogens (tertiary/aromatic N) is 2. The monoisotopic (exact) mass is 486 g/mol. The number of likely N-dealkylation sites (N-methyl/N-ethyl adjacent to an activating group) is 1. The van der Waals surface area contributed by atoms with Gasteiger partial charge in [-0.25, -0.2) is 16.8 Å². The number of carbonyl (C=O) groups is 2. The Bertz CT molecular complexity index is 1050. The molecule has 2 aliphatic rings. The van der Waals surface area contributed by atoms with Gasteiger partial charge >= 0.3 is 5.97 Å². The molecule has 0 aromatic heterocycles. The zero-order valence-corrected chi connectivity index (χ0v) is 20.0. The molecule has 3 rings (SSSR count). The van der Waals surface area contributed by atoms with Crippen LogP contribution in [0.15, 0.2) is 29.2 Å². The van der Waals surface area contributed by atoms with E-state index in [0.29, 0.717) is 32.2 Å². The average Bonchev–Trinajstić information content (AvgIpc) is 3.12. The summed E-state index contributed by atoms with van der Waals surface area (Å²) in [5, 5.41) is 0. The summed E-state index contributed by atoms with van der Waals surface area (Å²) in [5.41, 5.74) is 0.924. The molecule has 32 heavy (non-hydrogen) atoms. The maximum atomic E-state index is 13.1. The second-order valence-electron chi connectivity index (χ2n) is 8.28. The maximum absolute atomic E-state index is 13.1. The molecule has 9 nitrogen and oxygen atoms in total. The van der Waals surface area contributed by atoms with Gasteiger partial charge in [0, 0.05) is 19.1 Å². The van der Waals surface area contributed by atoms with E-state index >= 15 is 0 Å². The van der Waals surface area contributed by atoms with E-state index in [9.17, 15) is 26.4 Å². The van der Waals surface area contributed by atoms with E-state index in [1.807, 2.05) is 6.92 Å². The molecule has 0 N–H and O–H groups in total. The third-order valence-corrected chi connectivity index (χ3v) is 9.67. The number of benzene rings is 1. The van der Waals surface area contributed by atoms with Gasteiger partial charge < -0.3 is 9.64 Å². The Morgan fingerprint density at radius 2 is 1.84 bits per heavy atom. The minimum atomic E-state index is -3.89. The summed E-state index contributed by atoms with van der Waals surface area (Å²) in [6, 6.07) is 5.01. The summed E-state index contributed by atoms with van der Waals surface area (Å²) in [6.07, 6.45) is 1.99. The average molecular weight is 487 g/mol. The first-order chi connectivity index (χ1) is 15.0. The number of rotatable bonds is 7. The number of esters is 1. The molecular weight excluding hydrogens is 456 g/mol. The Morgan fingerprint density at radius 1 is 1.16 bits per heavy atom. The highest BCUT2D eigenvalue weighted by Crippen LogP contribution is 2.26. The van der Waals surface area contributed by atoms with Gasteiger partial charge in [-0.3, -0.25) is 9.59 Å². The van der Waals surface area contributed by atoms with Crippen molar-refractivity contribution in [3.05, 3.63) is 29.8 Å². The van der Waals surface area contributed by atoms with Gasteiger partial charge in [-0.1, -0.05) is 17.7 Å². The molecule has 0 radical (unpaired) electrons. The second kappa shape index (κ2) is 9.88. The highest BCUT2D eigenvalue weighted by molar-refractivity contribution is 7.91. The van der Waals surface area contributed by atoms with Crippen LogP contribution in [0.5, 0.6) is 0 Å². The molecule has 0 bridgehead atoms. The predicted octanol–water partition coefficient (Wildman–Crippen LogP) is 1.12. The minimum Gasteiger partial charge on any atom is -0.454 e. The number of piperidine rings is 1. The number of sulfonamides is 1. The van der Waals surface area contributed by atoms with E-state index in [4.69, 9.17) is 4.74 Å². The van der Waals surface area contributed by atoms with Crippen LogP contribution in [-0.4, -0.2) is 81.2 Å². The summed E-state index contributed by atoms with van der Waals surface area (Å²) in [5.74, 6) is -1.29.